The number of likely N-dealkylation sites (tertiary alicyclic amines) is 1. The van der Waals surface area contributed by atoms with Crippen LogP contribution in [-0.2, 0) is 14.4 Å². The van der Waals surface area contributed by atoms with E-state index in [4.69, 9.17) is 10.1 Å². The van der Waals surface area contributed by atoms with Gasteiger partial charge < -0.3 is 10.6 Å². The fourth-order valence-electron chi connectivity index (χ4n) is 3.89. The third-order valence-electron chi connectivity index (χ3n) is 5.88. The van der Waals surface area contributed by atoms with Crippen molar-refractivity contribution in [1.29, 1.82) is 5.26 Å². The van der Waals surface area contributed by atoms with E-state index in [1.165, 1.54) is 12.8 Å². The third-order valence-corrected chi connectivity index (χ3v) is 5.88. The Hall–Kier alpha value is -2.25. The van der Waals surface area contributed by atoms with Gasteiger partial charge in [0.05, 0.1) is 6.07 Å². The van der Waals surface area contributed by atoms with Crippen LogP contribution in [0.25, 0.3) is 0 Å². The van der Waals surface area contributed by atoms with Crippen molar-refractivity contribution in [2.24, 2.45) is 0 Å². The summed E-state index contributed by atoms with van der Waals surface area (Å²) in [5.41, 5.74) is 1.10. The zero-order valence-electron chi connectivity index (χ0n) is 16.3. The lowest BCUT2D eigenvalue weighted by Crippen LogP contribution is -2.52. The number of carbonyl (C=O) groups is 2. The Labute approximate surface area is 167 Å². The predicted octanol–water partition coefficient (Wildman–Crippen LogP) is 0.714. The molecule has 2 atom stereocenters. The first kappa shape index (κ1) is 20.0. The predicted molar refractivity (Wildman–Crippen MR) is 97.1 cm³/mol. The zero-order chi connectivity index (χ0) is 20.9. The van der Waals surface area contributed by atoms with Gasteiger partial charge in [-0.1, -0.05) is 0 Å². The van der Waals surface area contributed by atoms with Crippen molar-refractivity contribution in [3.8, 4) is 6.07 Å². The molecule has 2 saturated carbocycles. The summed E-state index contributed by atoms with van der Waals surface area (Å²) in [6.45, 7) is 2.23. The molecule has 1 saturated heterocycles. The van der Waals surface area contributed by atoms with Crippen LogP contribution in [0.15, 0.2) is 11.8 Å². The fourth-order valence-corrected chi connectivity index (χ4v) is 3.89. The average molecular weight is 409 g/mol. The highest BCUT2D eigenvalue weighted by atomic mass is 19.3. The van der Waals surface area contributed by atoms with E-state index >= 15 is 0 Å². The lowest BCUT2D eigenvalue weighted by Gasteiger charge is -2.23. The van der Waals surface area contributed by atoms with E-state index in [-0.39, 0.29) is 5.70 Å². The summed E-state index contributed by atoms with van der Waals surface area (Å²) in [5.74, 6) is -4.63. The van der Waals surface area contributed by atoms with Gasteiger partial charge in [-0.25, -0.2) is 8.78 Å². The standard InChI is InChI=1S/C19H25F2N5O3/c1-17(20,21)8-13(16(28)24-18(10-22)4-5-18)23-15(27)14-9-19(29-25-14)6-7-26(11-19)12-2-3-12/h9,12-13,25H,2-8,11H2,1H3,(H,23,27)(H,24,28). The molecule has 0 aromatic heterocycles. The van der Waals surface area contributed by atoms with Crippen molar-refractivity contribution < 1.29 is 23.2 Å². The van der Waals surface area contributed by atoms with Gasteiger partial charge in [0.25, 0.3) is 5.91 Å². The zero-order valence-corrected chi connectivity index (χ0v) is 16.3. The Kier molecular flexibility index (Phi) is 4.78. The number of nitrogens with zero attached hydrogens (tertiary/aromatic N) is 2. The molecule has 3 fully saturated rings. The van der Waals surface area contributed by atoms with Gasteiger partial charge in [0.1, 0.15) is 22.9 Å². The van der Waals surface area contributed by atoms with Gasteiger partial charge in [-0.05, 0) is 45.1 Å². The normalized spacial score (nSPS) is 29.0. The van der Waals surface area contributed by atoms with Crippen molar-refractivity contribution in [3.05, 3.63) is 11.8 Å². The summed E-state index contributed by atoms with van der Waals surface area (Å²) in [4.78, 5) is 33.1. The Balaban J connectivity index is 1.41. The number of rotatable bonds is 7. The number of nitrogens with one attached hydrogen (secondary N) is 3. The minimum absolute atomic E-state index is 0.112. The van der Waals surface area contributed by atoms with Crippen molar-refractivity contribution in [3.63, 3.8) is 0 Å². The molecule has 1 spiro atoms. The van der Waals surface area contributed by atoms with Crippen LogP contribution in [0.1, 0.15) is 45.4 Å². The highest BCUT2D eigenvalue weighted by Crippen LogP contribution is 2.38. The maximum absolute atomic E-state index is 13.6. The summed E-state index contributed by atoms with van der Waals surface area (Å²) >= 11 is 0. The van der Waals surface area contributed by atoms with Gasteiger partial charge >= 0.3 is 0 Å². The molecule has 0 radical (unpaired) electrons. The minimum Gasteiger partial charge on any atom is -0.339 e. The maximum Gasteiger partial charge on any atom is 0.270 e. The van der Waals surface area contributed by atoms with Crippen molar-refractivity contribution in [2.75, 3.05) is 13.1 Å². The van der Waals surface area contributed by atoms with Gasteiger partial charge in [0, 0.05) is 25.6 Å². The maximum atomic E-state index is 13.6. The molecule has 2 aliphatic carbocycles. The van der Waals surface area contributed by atoms with Gasteiger partial charge in [-0.15, -0.1) is 0 Å². The van der Waals surface area contributed by atoms with Gasteiger partial charge in [-0.3, -0.25) is 24.8 Å². The summed E-state index contributed by atoms with van der Waals surface area (Å²) in [5, 5.41) is 14.0. The van der Waals surface area contributed by atoms with Crippen LogP contribution >= 0.6 is 0 Å². The smallest absolute Gasteiger partial charge is 0.270 e. The van der Waals surface area contributed by atoms with E-state index in [1.807, 2.05) is 6.07 Å². The molecule has 0 aromatic carbocycles. The largest absolute Gasteiger partial charge is 0.339 e. The van der Waals surface area contributed by atoms with Crippen LogP contribution < -0.4 is 16.1 Å². The fraction of sp³-hybridized carbons (Fsp3) is 0.737. The van der Waals surface area contributed by atoms with E-state index in [9.17, 15) is 18.4 Å². The molecule has 4 aliphatic rings. The average Bonchev–Trinajstić information content (AvgIpc) is 3.57. The third kappa shape index (κ3) is 4.51. The van der Waals surface area contributed by atoms with Crippen LogP contribution in [0.3, 0.4) is 0 Å². The Morgan fingerprint density at radius 2 is 2.17 bits per heavy atom. The molecule has 10 heteroatoms. The second-order valence-corrected chi connectivity index (χ2v) is 8.76. The molecule has 29 heavy (non-hydrogen) atoms. The van der Waals surface area contributed by atoms with Gasteiger partial charge in [0.15, 0.2) is 0 Å². The first-order valence-corrected chi connectivity index (χ1v) is 9.96. The van der Waals surface area contributed by atoms with E-state index in [0.29, 0.717) is 32.4 Å². The van der Waals surface area contributed by atoms with Gasteiger partial charge in [-0.2, -0.15) is 5.26 Å². The lowest BCUT2D eigenvalue weighted by molar-refractivity contribution is -0.131. The van der Waals surface area contributed by atoms with Crippen LogP contribution in [-0.4, -0.2) is 58.9 Å². The monoisotopic (exact) mass is 409 g/mol. The lowest BCUT2D eigenvalue weighted by atomic mass is 10.0. The van der Waals surface area contributed by atoms with Crippen molar-refractivity contribution in [1.82, 2.24) is 21.0 Å². The Morgan fingerprint density at radius 3 is 2.76 bits per heavy atom. The molecule has 158 valence electrons. The van der Waals surface area contributed by atoms with Crippen LogP contribution in [0.5, 0.6) is 0 Å². The van der Waals surface area contributed by atoms with Crippen LogP contribution in [0.4, 0.5) is 8.78 Å². The number of hydroxylamine groups is 1. The van der Waals surface area contributed by atoms with Crippen LogP contribution in [0, 0.1) is 11.3 Å². The molecule has 2 amide bonds. The van der Waals surface area contributed by atoms with Crippen LogP contribution in [0.2, 0.25) is 0 Å². The van der Waals surface area contributed by atoms with Crippen molar-refractivity contribution in [2.45, 2.75) is 74.6 Å². The summed E-state index contributed by atoms with van der Waals surface area (Å²) < 4.78 is 27.2. The molecule has 3 N–H and O–H groups in total. The molecule has 0 aromatic rings. The minimum atomic E-state index is -3.16. The molecule has 4 rings (SSSR count). The molecule has 8 nitrogen and oxygen atoms in total. The number of halogens is 2. The molecule has 2 heterocycles. The van der Waals surface area contributed by atoms with E-state index < -0.39 is 41.3 Å². The summed E-state index contributed by atoms with van der Waals surface area (Å²) in [6, 6.07) is 1.10. The highest BCUT2D eigenvalue weighted by molar-refractivity contribution is 5.97. The SMILES string of the molecule is CC(F)(F)CC(NC(=O)C1=CC2(CCN(C3CC3)C2)ON1)C(=O)NC1(C#N)CC1. The van der Waals surface area contributed by atoms with Crippen molar-refractivity contribution >= 4 is 11.8 Å². The number of hydrogen-bond donors (Lipinski definition) is 3. The topological polar surface area (TPSA) is 106 Å². The molecular formula is C19H25F2N5O3. The van der Waals surface area contributed by atoms with E-state index in [2.05, 4.69) is 21.0 Å². The summed E-state index contributed by atoms with van der Waals surface area (Å²) in [6.07, 6.45) is 4.84. The number of hydrogen-bond acceptors (Lipinski definition) is 6. The highest BCUT2D eigenvalue weighted by Gasteiger charge is 2.48. The molecule has 2 unspecified atom stereocenters. The molecule has 2 aliphatic heterocycles. The quantitative estimate of drug-likeness (QED) is 0.572. The second-order valence-electron chi connectivity index (χ2n) is 8.76. The Morgan fingerprint density at radius 1 is 1.45 bits per heavy atom. The number of alkyl halides is 2. The number of carbonyl (C=O) groups excluding carboxylic acids is 2. The first-order chi connectivity index (χ1) is 13.6. The number of nitriles is 1. The van der Waals surface area contributed by atoms with E-state index in [1.54, 1.807) is 6.08 Å². The number of amides is 2. The molecule has 0 bridgehead atoms. The Bertz CT molecular complexity index is 782. The van der Waals surface area contributed by atoms with E-state index in [0.717, 1.165) is 13.0 Å². The van der Waals surface area contributed by atoms with Gasteiger partial charge in [0.2, 0.25) is 11.8 Å². The first-order valence-electron chi connectivity index (χ1n) is 9.96. The summed E-state index contributed by atoms with van der Waals surface area (Å²) in [7, 11) is 0. The molecular weight excluding hydrogens is 384 g/mol. The second kappa shape index (κ2) is 6.92.